The number of hydrogen-bond acceptors (Lipinski definition) is 3. The van der Waals surface area contributed by atoms with Crippen LogP contribution in [-0.4, -0.2) is 29.1 Å². The van der Waals surface area contributed by atoms with Gasteiger partial charge in [0.1, 0.15) is 17.4 Å². The fourth-order valence-electron chi connectivity index (χ4n) is 3.55. The van der Waals surface area contributed by atoms with Crippen LogP contribution < -0.4 is 10.1 Å². The third-order valence-electron chi connectivity index (χ3n) is 5.36. The Hall–Kier alpha value is -3.15. The van der Waals surface area contributed by atoms with Crippen molar-refractivity contribution in [1.82, 2.24) is 14.9 Å². The lowest BCUT2D eigenvalue weighted by Crippen LogP contribution is -2.33. The first kappa shape index (κ1) is 21.6. The number of carbonyl (C=O) groups excluding carboxylic acids is 1. The van der Waals surface area contributed by atoms with Crippen molar-refractivity contribution in [2.24, 2.45) is 5.92 Å². The molecule has 0 saturated heterocycles. The van der Waals surface area contributed by atoms with Gasteiger partial charge in [-0.15, -0.1) is 0 Å². The van der Waals surface area contributed by atoms with Gasteiger partial charge in [-0.05, 0) is 48.7 Å². The smallest absolute Gasteiger partial charge is 0.224 e. The third kappa shape index (κ3) is 5.47. The summed E-state index contributed by atoms with van der Waals surface area (Å²) in [6.07, 6.45) is 4.33. The molecular weight excluding hydrogens is 381 g/mol. The van der Waals surface area contributed by atoms with Gasteiger partial charge in [0.05, 0.1) is 13.0 Å². The zero-order valence-corrected chi connectivity index (χ0v) is 17.6. The van der Waals surface area contributed by atoms with Crippen molar-refractivity contribution >= 4 is 5.91 Å². The molecule has 2 unspecified atom stereocenters. The minimum Gasteiger partial charge on any atom is -0.497 e. The first-order valence-corrected chi connectivity index (χ1v) is 10.1. The minimum absolute atomic E-state index is 0.00990. The number of nitrogens with one attached hydrogen (secondary N) is 1. The summed E-state index contributed by atoms with van der Waals surface area (Å²) in [5.41, 5.74) is 2.11. The number of amides is 1. The topological polar surface area (TPSA) is 56.1 Å². The highest BCUT2D eigenvalue weighted by Gasteiger charge is 2.17. The van der Waals surface area contributed by atoms with Crippen molar-refractivity contribution in [3.8, 4) is 5.75 Å². The third-order valence-corrected chi connectivity index (χ3v) is 5.36. The van der Waals surface area contributed by atoms with E-state index in [1.165, 1.54) is 12.1 Å². The molecule has 3 rings (SSSR count). The van der Waals surface area contributed by atoms with Gasteiger partial charge in [-0.2, -0.15) is 0 Å². The summed E-state index contributed by atoms with van der Waals surface area (Å²) >= 11 is 0. The van der Waals surface area contributed by atoms with Crippen LogP contribution in [0.1, 0.15) is 36.2 Å². The highest BCUT2D eigenvalue weighted by Crippen LogP contribution is 2.29. The molecule has 0 aliphatic rings. The molecule has 0 radical (unpaired) electrons. The van der Waals surface area contributed by atoms with Gasteiger partial charge in [-0.3, -0.25) is 4.79 Å². The van der Waals surface area contributed by atoms with Gasteiger partial charge in [0.15, 0.2) is 0 Å². The summed E-state index contributed by atoms with van der Waals surface area (Å²) in [5.74, 6) is 1.31. The summed E-state index contributed by atoms with van der Waals surface area (Å²) in [7, 11) is 1.63. The zero-order chi connectivity index (χ0) is 21.5. The summed E-state index contributed by atoms with van der Waals surface area (Å²) in [5, 5.41) is 3.05. The van der Waals surface area contributed by atoms with Crippen LogP contribution in [-0.2, 0) is 11.3 Å². The Labute approximate surface area is 176 Å². The zero-order valence-electron chi connectivity index (χ0n) is 17.6. The molecule has 5 nitrogen and oxygen atoms in total. The first-order valence-electron chi connectivity index (χ1n) is 10.1. The molecule has 158 valence electrons. The predicted octanol–water partition coefficient (Wildman–Crippen LogP) is 4.31. The van der Waals surface area contributed by atoms with Gasteiger partial charge in [0.25, 0.3) is 0 Å². The van der Waals surface area contributed by atoms with Crippen LogP contribution >= 0.6 is 0 Å². The lowest BCUT2D eigenvalue weighted by molar-refractivity contribution is -0.124. The predicted molar refractivity (Wildman–Crippen MR) is 115 cm³/mol. The number of aromatic nitrogens is 2. The van der Waals surface area contributed by atoms with Crippen LogP contribution in [0, 0.1) is 18.7 Å². The Bertz CT molecular complexity index is 951. The van der Waals surface area contributed by atoms with Crippen LogP contribution in [0.3, 0.4) is 0 Å². The first-order chi connectivity index (χ1) is 14.5. The lowest BCUT2D eigenvalue weighted by atomic mass is 9.88. The van der Waals surface area contributed by atoms with E-state index in [0.717, 1.165) is 22.7 Å². The number of benzene rings is 2. The second-order valence-corrected chi connectivity index (χ2v) is 7.48. The summed E-state index contributed by atoms with van der Waals surface area (Å²) < 4.78 is 20.6. The Morgan fingerprint density at radius 2 is 1.77 bits per heavy atom. The molecule has 0 bridgehead atoms. The molecule has 30 heavy (non-hydrogen) atoms. The normalized spacial score (nSPS) is 12.9. The van der Waals surface area contributed by atoms with Crippen molar-refractivity contribution in [3.05, 3.63) is 83.7 Å². The van der Waals surface area contributed by atoms with Gasteiger partial charge in [-0.25, -0.2) is 9.37 Å². The number of nitrogens with zero attached hydrogens (tertiary/aromatic N) is 2. The lowest BCUT2D eigenvalue weighted by Gasteiger charge is -2.20. The van der Waals surface area contributed by atoms with Crippen molar-refractivity contribution in [2.45, 2.75) is 32.7 Å². The van der Waals surface area contributed by atoms with Crippen LogP contribution in [0.25, 0.3) is 0 Å². The molecule has 1 amide bonds. The average molecular weight is 410 g/mol. The number of imidazole rings is 1. The van der Waals surface area contributed by atoms with E-state index in [0.29, 0.717) is 19.5 Å². The van der Waals surface area contributed by atoms with Crippen molar-refractivity contribution < 1.29 is 13.9 Å². The van der Waals surface area contributed by atoms with Gasteiger partial charge >= 0.3 is 0 Å². The number of hydrogen-bond donors (Lipinski definition) is 1. The van der Waals surface area contributed by atoms with E-state index in [2.05, 4.69) is 10.3 Å². The largest absolute Gasteiger partial charge is 0.497 e. The monoisotopic (exact) mass is 409 g/mol. The van der Waals surface area contributed by atoms with E-state index in [1.54, 1.807) is 25.4 Å². The summed E-state index contributed by atoms with van der Waals surface area (Å²) in [4.78, 5) is 16.7. The van der Waals surface area contributed by atoms with Crippen molar-refractivity contribution in [1.29, 1.82) is 0 Å². The molecule has 3 aromatic rings. The molecule has 0 saturated carbocycles. The fourth-order valence-corrected chi connectivity index (χ4v) is 3.55. The Balaban J connectivity index is 1.64. The van der Waals surface area contributed by atoms with Gasteiger partial charge in [0.2, 0.25) is 5.91 Å². The average Bonchev–Trinajstić information content (AvgIpc) is 3.16. The van der Waals surface area contributed by atoms with E-state index in [1.807, 2.05) is 48.9 Å². The maximum absolute atomic E-state index is 13.4. The molecule has 2 atom stereocenters. The maximum atomic E-state index is 13.4. The molecule has 1 heterocycles. The second kappa shape index (κ2) is 10.1. The standard InChI is InChI=1S/C24H28FN3O2/c1-17(16-28-15-14-26-18(28)2)24(29)27-13-12-23(19-4-8-21(25)9-5-19)20-6-10-22(30-3)11-7-20/h4-11,14-15,17,23H,12-13,16H2,1-3H3,(H,27,29). The molecule has 1 aromatic heterocycles. The molecule has 1 N–H and O–H groups in total. The van der Waals surface area contributed by atoms with E-state index in [4.69, 9.17) is 4.74 Å². The Morgan fingerprint density at radius 1 is 1.13 bits per heavy atom. The summed E-state index contributed by atoms with van der Waals surface area (Å²) in [6.45, 7) is 4.96. The van der Waals surface area contributed by atoms with Crippen LogP contribution in [0.5, 0.6) is 5.75 Å². The molecule has 0 spiro atoms. The maximum Gasteiger partial charge on any atom is 0.224 e. The molecule has 0 aliphatic carbocycles. The number of rotatable bonds is 9. The molecule has 6 heteroatoms. The number of halogens is 1. The number of carbonyl (C=O) groups is 1. The van der Waals surface area contributed by atoms with Gasteiger partial charge < -0.3 is 14.6 Å². The van der Waals surface area contributed by atoms with Crippen LogP contribution in [0.15, 0.2) is 60.9 Å². The van der Waals surface area contributed by atoms with Crippen LogP contribution in [0.4, 0.5) is 4.39 Å². The molecule has 2 aromatic carbocycles. The van der Waals surface area contributed by atoms with E-state index >= 15 is 0 Å². The van der Waals surface area contributed by atoms with Gasteiger partial charge in [-0.1, -0.05) is 31.2 Å². The highest BCUT2D eigenvalue weighted by molar-refractivity contribution is 5.78. The van der Waals surface area contributed by atoms with E-state index in [9.17, 15) is 9.18 Å². The number of aryl methyl sites for hydroxylation is 1. The highest BCUT2D eigenvalue weighted by atomic mass is 19.1. The minimum atomic E-state index is -0.260. The SMILES string of the molecule is COc1ccc(C(CCNC(=O)C(C)Cn2ccnc2C)c2ccc(F)cc2)cc1. The summed E-state index contributed by atoms with van der Waals surface area (Å²) in [6, 6.07) is 14.4. The quantitative estimate of drug-likeness (QED) is 0.573. The van der Waals surface area contributed by atoms with Crippen LogP contribution in [0.2, 0.25) is 0 Å². The van der Waals surface area contributed by atoms with Crippen molar-refractivity contribution in [2.75, 3.05) is 13.7 Å². The molecular formula is C24H28FN3O2. The molecule has 0 aliphatic heterocycles. The van der Waals surface area contributed by atoms with Gasteiger partial charge in [0, 0.05) is 31.4 Å². The van der Waals surface area contributed by atoms with Crippen molar-refractivity contribution in [3.63, 3.8) is 0 Å². The number of methoxy groups -OCH3 is 1. The second-order valence-electron chi connectivity index (χ2n) is 7.48. The van der Waals surface area contributed by atoms with E-state index in [-0.39, 0.29) is 23.6 Å². The Morgan fingerprint density at radius 3 is 2.33 bits per heavy atom. The molecule has 0 fully saturated rings. The Kier molecular flexibility index (Phi) is 7.22. The fraction of sp³-hybridized carbons (Fsp3) is 0.333. The number of ether oxygens (including phenoxy) is 1. The van der Waals surface area contributed by atoms with E-state index < -0.39 is 0 Å².